The Balaban J connectivity index is 2.43. The molecule has 0 atom stereocenters. The van der Waals surface area contributed by atoms with Crippen LogP contribution in [0.5, 0.6) is 0 Å². The number of nitrogens with one attached hydrogen (secondary N) is 1. The Labute approximate surface area is 135 Å². The first-order chi connectivity index (χ1) is 9.20. The maximum atomic E-state index is 13.6. The molecule has 3 nitrogen and oxygen atoms in total. The number of benzene rings is 1. The number of halogens is 5. The van der Waals surface area contributed by atoms with Crippen molar-refractivity contribution in [2.24, 2.45) is 0 Å². The molecule has 0 fully saturated rings. The highest BCUT2D eigenvalue weighted by Crippen LogP contribution is 2.36. The van der Waals surface area contributed by atoms with Crippen molar-refractivity contribution in [3.63, 3.8) is 0 Å². The minimum Gasteiger partial charge on any atom is -0.274 e. The van der Waals surface area contributed by atoms with E-state index in [1.807, 2.05) is 4.72 Å². The molecule has 0 saturated carbocycles. The van der Waals surface area contributed by atoms with Crippen molar-refractivity contribution >= 4 is 66.2 Å². The van der Waals surface area contributed by atoms with Crippen LogP contribution in [0.15, 0.2) is 26.2 Å². The predicted octanol–water partition coefficient (Wildman–Crippen LogP) is 4.90. The fraction of sp³-hybridized carbons (Fsp3) is 0. The quantitative estimate of drug-likeness (QED) is 0.764. The van der Waals surface area contributed by atoms with E-state index in [9.17, 15) is 17.2 Å². The maximum absolute atomic E-state index is 13.6. The lowest BCUT2D eigenvalue weighted by Gasteiger charge is -2.09. The van der Waals surface area contributed by atoms with Gasteiger partial charge in [-0.25, -0.2) is 17.2 Å². The highest BCUT2D eigenvalue weighted by Gasteiger charge is 2.22. The number of hydrogen-bond acceptors (Lipinski definition) is 3. The minimum absolute atomic E-state index is 0.130. The van der Waals surface area contributed by atoms with Crippen molar-refractivity contribution in [1.29, 1.82) is 0 Å². The Bertz CT molecular complexity index is 737. The van der Waals surface area contributed by atoms with E-state index in [-0.39, 0.29) is 14.3 Å². The first-order valence-electron chi connectivity index (χ1n) is 4.83. The topological polar surface area (TPSA) is 46.2 Å². The molecule has 0 bridgehead atoms. The van der Waals surface area contributed by atoms with E-state index in [2.05, 4.69) is 15.9 Å². The molecule has 1 heterocycles. The third kappa shape index (κ3) is 3.25. The van der Waals surface area contributed by atoms with E-state index >= 15 is 0 Å². The standard InChI is InChI=1S/C10H4BrCl2F2NO2S2/c11-10-6(13)3-8(19-10)20(17,18)16-9-5(12)1-4(14)2-7(9)15/h1-3,16H. The fourth-order valence-electron chi connectivity index (χ4n) is 1.28. The zero-order valence-electron chi connectivity index (χ0n) is 9.25. The molecular formula is C10H4BrCl2F2NO2S2. The molecule has 1 aromatic heterocycles. The molecule has 1 N–H and O–H groups in total. The molecule has 0 aliphatic heterocycles. The van der Waals surface area contributed by atoms with Gasteiger partial charge in [0.25, 0.3) is 10.0 Å². The summed E-state index contributed by atoms with van der Waals surface area (Å²) in [6, 6.07) is 2.54. The monoisotopic (exact) mass is 421 g/mol. The molecule has 0 aliphatic carbocycles. The van der Waals surface area contributed by atoms with Gasteiger partial charge in [0.1, 0.15) is 15.7 Å². The lowest BCUT2D eigenvalue weighted by molar-refractivity contribution is 0.583. The zero-order valence-corrected chi connectivity index (χ0v) is 14.0. The van der Waals surface area contributed by atoms with E-state index < -0.39 is 27.3 Å². The van der Waals surface area contributed by atoms with Crippen LogP contribution in [-0.2, 0) is 10.0 Å². The molecule has 0 radical (unpaired) electrons. The maximum Gasteiger partial charge on any atom is 0.271 e. The van der Waals surface area contributed by atoms with Crippen LogP contribution < -0.4 is 4.72 Å². The highest BCUT2D eigenvalue weighted by atomic mass is 79.9. The van der Waals surface area contributed by atoms with Gasteiger partial charge < -0.3 is 0 Å². The summed E-state index contributed by atoms with van der Waals surface area (Å²) in [5.41, 5.74) is -0.520. The fourth-order valence-corrected chi connectivity index (χ4v) is 5.07. The number of sulfonamides is 1. The molecule has 0 unspecified atom stereocenters. The molecule has 1 aromatic carbocycles. The van der Waals surface area contributed by atoms with E-state index in [0.717, 1.165) is 17.4 Å². The van der Waals surface area contributed by atoms with Crippen molar-refractivity contribution in [2.75, 3.05) is 4.72 Å². The van der Waals surface area contributed by atoms with Crippen molar-refractivity contribution in [3.8, 4) is 0 Å². The molecular weight excluding hydrogens is 419 g/mol. The Morgan fingerprint density at radius 1 is 1.15 bits per heavy atom. The van der Waals surface area contributed by atoms with Gasteiger partial charge >= 0.3 is 0 Å². The predicted molar refractivity (Wildman–Crippen MR) is 79.2 cm³/mol. The summed E-state index contributed by atoms with van der Waals surface area (Å²) < 4.78 is 52.8. The summed E-state index contributed by atoms with van der Waals surface area (Å²) in [5, 5.41) is -0.172. The summed E-state index contributed by atoms with van der Waals surface area (Å²) >= 11 is 15.3. The number of rotatable bonds is 3. The first-order valence-corrected chi connectivity index (χ1v) is 8.68. The number of anilines is 1. The van der Waals surface area contributed by atoms with Gasteiger partial charge in [0.05, 0.1) is 13.8 Å². The second kappa shape index (κ2) is 5.76. The summed E-state index contributed by atoms with van der Waals surface area (Å²) in [7, 11) is -4.07. The number of hydrogen-bond donors (Lipinski definition) is 1. The number of thiophene rings is 1. The van der Waals surface area contributed by atoms with Gasteiger partial charge in [0, 0.05) is 6.07 Å². The van der Waals surface area contributed by atoms with Gasteiger partial charge in [0.2, 0.25) is 0 Å². The van der Waals surface area contributed by atoms with Crippen molar-refractivity contribution in [2.45, 2.75) is 4.21 Å². The third-order valence-corrected chi connectivity index (χ3v) is 6.73. The lowest BCUT2D eigenvalue weighted by Crippen LogP contribution is -2.13. The summed E-state index contributed by atoms with van der Waals surface area (Å²) in [6.45, 7) is 0. The molecule has 10 heteroatoms. The Hall–Kier alpha value is -0.410. The smallest absolute Gasteiger partial charge is 0.271 e. The minimum atomic E-state index is -4.07. The van der Waals surface area contributed by atoms with Crippen molar-refractivity contribution in [1.82, 2.24) is 0 Å². The van der Waals surface area contributed by atoms with Crippen molar-refractivity contribution < 1.29 is 17.2 Å². The molecule has 2 rings (SSSR count). The molecule has 20 heavy (non-hydrogen) atoms. The third-order valence-electron chi connectivity index (χ3n) is 2.13. The van der Waals surface area contributed by atoms with Crippen LogP contribution in [0.3, 0.4) is 0 Å². The second-order valence-corrected chi connectivity index (χ2v) is 8.63. The van der Waals surface area contributed by atoms with Crippen molar-refractivity contribution in [3.05, 3.63) is 43.7 Å². The van der Waals surface area contributed by atoms with Crippen LogP contribution in [0.4, 0.5) is 14.5 Å². The van der Waals surface area contributed by atoms with Gasteiger partial charge in [0.15, 0.2) is 5.82 Å². The molecule has 0 saturated heterocycles. The average molecular weight is 423 g/mol. The van der Waals surface area contributed by atoms with Gasteiger partial charge in [-0.3, -0.25) is 4.72 Å². The molecule has 2 aromatic rings. The van der Waals surface area contributed by atoms with Gasteiger partial charge in [-0.1, -0.05) is 23.2 Å². The molecule has 0 amide bonds. The Morgan fingerprint density at radius 2 is 1.80 bits per heavy atom. The zero-order chi connectivity index (χ0) is 15.1. The molecule has 0 aliphatic rings. The van der Waals surface area contributed by atoms with E-state index in [1.54, 1.807) is 0 Å². The van der Waals surface area contributed by atoms with Crippen LogP contribution in [0.1, 0.15) is 0 Å². The SMILES string of the molecule is O=S(=O)(Nc1c(F)cc(F)cc1Cl)c1cc(Cl)c(Br)s1. The van der Waals surface area contributed by atoms with Gasteiger partial charge in [-0.15, -0.1) is 11.3 Å². The van der Waals surface area contributed by atoms with Crippen LogP contribution in [-0.4, -0.2) is 8.42 Å². The van der Waals surface area contributed by atoms with E-state index in [1.165, 1.54) is 6.07 Å². The van der Waals surface area contributed by atoms with Gasteiger partial charge in [-0.2, -0.15) is 0 Å². The second-order valence-electron chi connectivity index (χ2n) is 3.54. The Kier molecular flexibility index (Phi) is 4.60. The van der Waals surface area contributed by atoms with Gasteiger partial charge in [-0.05, 0) is 28.1 Å². The largest absolute Gasteiger partial charge is 0.274 e. The Morgan fingerprint density at radius 3 is 2.30 bits per heavy atom. The molecule has 0 spiro atoms. The highest BCUT2D eigenvalue weighted by molar-refractivity contribution is 9.11. The van der Waals surface area contributed by atoms with Crippen LogP contribution in [0.2, 0.25) is 10.0 Å². The van der Waals surface area contributed by atoms with Crippen LogP contribution >= 0.6 is 50.5 Å². The first kappa shape index (κ1) is 16.0. The van der Waals surface area contributed by atoms with E-state index in [0.29, 0.717) is 9.85 Å². The summed E-state index contributed by atoms with van der Waals surface area (Å²) in [5.74, 6) is -2.02. The average Bonchev–Trinajstić information content (AvgIpc) is 2.65. The summed E-state index contributed by atoms with van der Waals surface area (Å²) in [4.78, 5) is 0. The van der Waals surface area contributed by atoms with Crippen LogP contribution in [0, 0.1) is 11.6 Å². The van der Waals surface area contributed by atoms with E-state index in [4.69, 9.17) is 23.2 Å². The van der Waals surface area contributed by atoms with Crippen LogP contribution in [0.25, 0.3) is 0 Å². The summed E-state index contributed by atoms with van der Waals surface area (Å²) in [6.07, 6.45) is 0. The normalized spacial score (nSPS) is 11.7. The lowest BCUT2D eigenvalue weighted by atomic mass is 10.3. The molecule has 108 valence electrons.